The summed E-state index contributed by atoms with van der Waals surface area (Å²) in [6.07, 6.45) is 7.25. The smallest absolute Gasteiger partial charge is 0.248 e. The molecule has 1 saturated heterocycles. The summed E-state index contributed by atoms with van der Waals surface area (Å²) in [5.74, 6) is 1.04. The molecule has 0 spiro atoms. The second kappa shape index (κ2) is 6.65. The van der Waals surface area contributed by atoms with Gasteiger partial charge in [0.25, 0.3) is 0 Å². The topological polar surface area (TPSA) is 37.7 Å². The molecule has 4 rings (SSSR count). The van der Waals surface area contributed by atoms with Gasteiger partial charge >= 0.3 is 0 Å². The van der Waals surface area contributed by atoms with E-state index >= 15 is 0 Å². The lowest BCUT2D eigenvalue weighted by Gasteiger charge is -2.24. The van der Waals surface area contributed by atoms with Crippen LogP contribution < -0.4 is 0 Å². The zero-order chi connectivity index (χ0) is 15.6. The predicted molar refractivity (Wildman–Crippen MR) is 88.0 cm³/mol. The Morgan fingerprint density at radius 2 is 2.04 bits per heavy atom. The number of fused-ring (bicyclic) bond motifs is 1. The zero-order valence-electron chi connectivity index (χ0n) is 13.8. The number of likely N-dealkylation sites (tertiary alicyclic amines) is 1. The van der Waals surface area contributed by atoms with Crippen molar-refractivity contribution in [2.24, 2.45) is 5.92 Å². The molecule has 5 heteroatoms. The third-order valence-electron chi connectivity index (χ3n) is 5.29. The monoisotopic (exact) mass is 317 g/mol. The number of amides is 1. The standard InChI is InChI=1S/C18H27N3O2/c22-18(20-7-1-2-8-20)14-23-17-12-19(10-15-5-6-15)11-16-4-3-9-21(16)13-17/h3-4,9,15,17H,1-2,5-8,10-14H2. The maximum atomic E-state index is 12.2. The van der Waals surface area contributed by atoms with Gasteiger partial charge in [-0.15, -0.1) is 0 Å². The fourth-order valence-corrected chi connectivity index (χ4v) is 3.79. The molecular weight excluding hydrogens is 290 g/mol. The molecule has 23 heavy (non-hydrogen) atoms. The van der Waals surface area contributed by atoms with Gasteiger partial charge in [-0.05, 0) is 43.7 Å². The Morgan fingerprint density at radius 3 is 2.83 bits per heavy atom. The molecule has 1 aromatic heterocycles. The first-order valence-corrected chi connectivity index (χ1v) is 9.03. The SMILES string of the molecule is O=C(COC1CN(CC2CC2)Cc2cccn2C1)N1CCCC1. The number of carbonyl (C=O) groups is 1. The van der Waals surface area contributed by atoms with Gasteiger partial charge in [0.05, 0.1) is 6.10 Å². The lowest BCUT2D eigenvalue weighted by molar-refractivity contribution is -0.137. The molecule has 1 atom stereocenters. The van der Waals surface area contributed by atoms with Crippen molar-refractivity contribution >= 4 is 5.91 Å². The Hall–Kier alpha value is -1.33. The molecule has 0 aromatic carbocycles. The van der Waals surface area contributed by atoms with E-state index in [9.17, 15) is 4.79 Å². The molecule has 0 bridgehead atoms. The fourth-order valence-electron chi connectivity index (χ4n) is 3.79. The normalized spacial score (nSPS) is 25.4. The molecule has 3 heterocycles. The maximum absolute atomic E-state index is 12.2. The van der Waals surface area contributed by atoms with Gasteiger partial charge in [-0.25, -0.2) is 0 Å². The Balaban J connectivity index is 1.37. The highest BCUT2D eigenvalue weighted by Gasteiger charge is 2.29. The fraction of sp³-hybridized carbons (Fsp3) is 0.722. The van der Waals surface area contributed by atoms with E-state index in [4.69, 9.17) is 4.74 Å². The number of hydrogen-bond donors (Lipinski definition) is 0. The van der Waals surface area contributed by atoms with E-state index < -0.39 is 0 Å². The Kier molecular flexibility index (Phi) is 4.40. The number of ether oxygens (including phenoxy) is 1. The number of aromatic nitrogens is 1. The van der Waals surface area contributed by atoms with Crippen molar-refractivity contribution in [3.8, 4) is 0 Å². The number of nitrogens with zero attached hydrogens (tertiary/aromatic N) is 3. The van der Waals surface area contributed by atoms with E-state index in [2.05, 4.69) is 27.8 Å². The molecule has 2 aliphatic heterocycles. The van der Waals surface area contributed by atoms with Gasteiger partial charge in [0.2, 0.25) is 5.91 Å². The summed E-state index contributed by atoms with van der Waals surface area (Å²) in [6.45, 7) is 6.01. The first-order chi connectivity index (χ1) is 11.3. The molecule has 3 aliphatic rings. The van der Waals surface area contributed by atoms with Gasteiger partial charge in [0.1, 0.15) is 6.61 Å². The number of rotatable bonds is 5. The van der Waals surface area contributed by atoms with Gasteiger partial charge < -0.3 is 14.2 Å². The van der Waals surface area contributed by atoms with Gasteiger partial charge in [0.15, 0.2) is 0 Å². The number of carbonyl (C=O) groups excluding carboxylic acids is 1. The summed E-state index contributed by atoms with van der Waals surface area (Å²) in [5.41, 5.74) is 1.36. The first kappa shape index (κ1) is 15.2. The van der Waals surface area contributed by atoms with Crippen molar-refractivity contribution in [3.63, 3.8) is 0 Å². The maximum Gasteiger partial charge on any atom is 0.248 e. The molecule has 0 radical (unpaired) electrons. The zero-order valence-corrected chi connectivity index (χ0v) is 13.8. The molecule has 1 aliphatic carbocycles. The van der Waals surface area contributed by atoms with Crippen LogP contribution in [0.3, 0.4) is 0 Å². The van der Waals surface area contributed by atoms with Crippen molar-refractivity contribution in [2.45, 2.75) is 44.9 Å². The van der Waals surface area contributed by atoms with Crippen LogP contribution in [0.1, 0.15) is 31.4 Å². The number of hydrogen-bond acceptors (Lipinski definition) is 3. The van der Waals surface area contributed by atoms with Crippen LogP contribution >= 0.6 is 0 Å². The van der Waals surface area contributed by atoms with E-state index in [0.717, 1.165) is 51.5 Å². The summed E-state index contributed by atoms with van der Waals surface area (Å²) < 4.78 is 8.33. The summed E-state index contributed by atoms with van der Waals surface area (Å²) in [6, 6.07) is 4.32. The average molecular weight is 317 g/mol. The molecule has 0 N–H and O–H groups in total. The van der Waals surface area contributed by atoms with E-state index in [0.29, 0.717) is 0 Å². The summed E-state index contributed by atoms with van der Waals surface area (Å²) in [5, 5.41) is 0. The van der Waals surface area contributed by atoms with Crippen LogP contribution in [-0.2, 0) is 22.6 Å². The van der Waals surface area contributed by atoms with Crippen LogP contribution in [0.4, 0.5) is 0 Å². The highest BCUT2D eigenvalue weighted by molar-refractivity contribution is 5.77. The van der Waals surface area contributed by atoms with Crippen molar-refractivity contribution in [2.75, 3.05) is 32.8 Å². The van der Waals surface area contributed by atoms with E-state index in [-0.39, 0.29) is 18.6 Å². The van der Waals surface area contributed by atoms with E-state index in [1.807, 2.05) is 4.90 Å². The van der Waals surface area contributed by atoms with E-state index in [1.165, 1.54) is 25.1 Å². The molecular formula is C18H27N3O2. The molecule has 2 fully saturated rings. The van der Waals surface area contributed by atoms with Crippen LogP contribution in [0.2, 0.25) is 0 Å². The van der Waals surface area contributed by atoms with Crippen molar-refractivity contribution in [1.29, 1.82) is 0 Å². The van der Waals surface area contributed by atoms with Crippen LogP contribution in [0.25, 0.3) is 0 Å². The van der Waals surface area contributed by atoms with Crippen molar-refractivity contribution < 1.29 is 9.53 Å². The molecule has 1 aromatic rings. The van der Waals surface area contributed by atoms with Gasteiger partial charge in [0, 0.05) is 51.2 Å². The summed E-state index contributed by atoms with van der Waals surface area (Å²) in [4.78, 5) is 16.7. The molecule has 5 nitrogen and oxygen atoms in total. The minimum atomic E-state index is 0.106. The first-order valence-electron chi connectivity index (χ1n) is 9.03. The Bertz CT molecular complexity index is 546. The van der Waals surface area contributed by atoms with Gasteiger partial charge in [-0.1, -0.05) is 0 Å². The van der Waals surface area contributed by atoms with Crippen LogP contribution in [0.5, 0.6) is 0 Å². The lowest BCUT2D eigenvalue weighted by Crippen LogP contribution is -2.38. The largest absolute Gasteiger partial charge is 0.365 e. The lowest BCUT2D eigenvalue weighted by atomic mass is 10.3. The van der Waals surface area contributed by atoms with Gasteiger partial charge in [-0.3, -0.25) is 9.69 Å². The summed E-state index contributed by atoms with van der Waals surface area (Å²) >= 11 is 0. The highest BCUT2D eigenvalue weighted by atomic mass is 16.5. The minimum Gasteiger partial charge on any atom is -0.365 e. The average Bonchev–Trinajstić information content (AvgIpc) is 3.05. The second-order valence-electron chi connectivity index (χ2n) is 7.31. The van der Waals surface area contributed by atoms with Crippen LogP contribution in [0.15, 0.2) is 18.3 Å². The van der Waals surface area contributed by atoms with Gasteiger partial charge in [-0.2, -0.15) is 0 Å². The molecule has 126 valence electrons. The van der Waals surface area contributed by atoms with Crippen molar-refractivity contribution in [3.05, 3.63) is 24.0 Å². The van der Waals surface area contributed by atoms with Crippen LogP contribution in [0, 0.1) is 5.92 Å². The molecule has 1 saturated carbocycles. The second-order valence-corrected chi connectivity index (χ2v) is 7.31. The third kappa shape index (κ3) is 3.78. The minimum absolute atomic E-state index is 0.106. The summed E-state index contributed by atoms with van der Waals surface area (Å²) in [7, 11) is 0. The van der Waals surface area contributed by atoms with Crippen molar-refractivity contribution in [1.82, 2.24) is 14.4 Å². The highest BCUT2D eigenvalue weighted by Crippen LogP contribution is 2.31. The van der Waals surface area contributed by atoms with E-state index in [1.54, 1.807) is 0 Å². The van der Waals surface area contributed by atoms with Crippen LogP contribution in [-0.4, -0.2) is 59.2 Å². The third-order valence-corrected chi connectivity index (χ3v) is 5.29. The Morgan fingerprint density at radius 1 is 1.22 bits per heavy atom. The Labute approximate surface area is 138 Å². The molecule has 1 unspecified atom stereocenters. The quantitative estimate of drug-likeness (QED) is 0.830. The predicted octanol–water partition coefficient (Wildman–Crippen LogP) is 1.72. The molecule has 1 amide bonds.